The largest absolute Gasteiger partial charge is 0.450 e. The molecule has 0 spiro atoms. The molecule has 9 heteroatoms. The lowest BCUT2D eigenvalue weighted by Gasteiger charge is -2.04. The molecule has 4 amide bonds. The monoisotopic (exact) mass is 272 g/mol. The van der Waals surface area contributed by atoms with Crippen LogP contribution in [0, 0.1) is 0 Å². The quantitative estimate of drug-likeness (QED) is 0.738. The van der Waals surface area contributed by atoms with Gasteiger partial charge in [-0.2, -0.15) is 0 Å². The van der Waals surface area contributed by atoms with Gasteiger partial charge in [0, 0.05) is 12.4 Å². The summed E-state index contributed by atoms with van der Waals surface area (Å²) in [7, 11) is 0. The molecule has 1 aromatic rings. The minimum absolute atomic E-state index is 0.137. The lowest BCUT2D eigenvalue weighted by molar-refractivity contribution is 0.146. The Morgan fingerprint density at radius 3 is 1.89 bits per heavy atom. The number of aromatic amines is 1. The molecule has 1 aromatic heterocycles. The number of imidazole rings is 1. The molecular formula is C10H16N4O5. The van der Waals surface area contributed by atoms with E-state index in [-0.39, 0.29) is 13.2 Å². The zero-order valence-corrected chi connectivity index (χ0v) is 10.6. The molecule has 9 nitrogen and oxygen atoms in total. The summed E-state index contributed by atoms with van der Waals surface area (Å²) >= 11 is 0. The van der Waals surface area contributed by atoms with Crippen molar-refractivity contribution >= 4 is 18.2 Å². The molecule has 0 atom stereocenters. The smallest absolute Gasteiger partial charge is 0.415 e. The van der Waals surface area contributed by atoms with Crippen LogP contribution in [0.2, 0.25) is 0 Å². The third-order valence-corrected chi connectivity index (χ3v) is 1.39. The second-order valence-electron chi connectivity index (χ2n) is 2.78. The first kappa shape index (κ1) is 16.4. The van der Waals surface area contributed by atoms with E-state index in [0.29, 0.717) is 0 Å². The van der Waals surface area contributed by atoms with Crippen LogP contribution in [0.1, 0.15) is 13.8 Å². The fourth-order valence-electron chi connectivity index (χ4n) is 0.766. The SMILES string of the molecule is CCOC(=O)NC(=O)NC(=O)OCC.c1c[nH]cn1. The van der Waals surface area contributed by atoms with E-state index in [1.807, 2.05) is 0 Å². The Morgan fingerprint density at radius 1 is 1.11 bits per heavy atom. The van der Waals surface area contributed by atoms with Crippen LogP contribution < -0.4 is 10.6 Å². The molecule has 1 heterocycles. The summed E-state index contributed by atoms with van der Waals surface area (Å²) < 4.78 is 8.78. The Bertz CT molecular complexity index is 340. The zero-order valence-electron chi connectivity index (χ0n) is 10.6. The molecule has 0 aliphatic rings. The number of ether oxygens (including phenoxy) is 2. The maximum atomic E-state index is 10.8. The van der Waals surface area contributed by atoms with Gasteiger partial charge in [-0.3, -0.25) is 0 Å². The number of imide groups is 2. The van der Waals surface area contributed by atoms with Gasteiger partial charge in [-0.15, -0.1) is 0 Å². The summed E-state index contributed by atoms with van der Waals surface area (Å²) in [6.07, 6.45) is 3.24. The van der Waals surface area contributed by atoms with E-state index < -0.39 is 18.2 Å². The van der Waals surface area contributed by atoms with Crippen LogP contribution in [0.3, 0.4) is 0 Å². The van der Waals surface area contributed by atoms with Crippen LogP contribution in [0.25, 0.3) is 0 Å². The number of carbonyl (C=O) groups is 3. The molecule has 0 aliphatic carbocycles. The Labute approximate surface area is 109 Å². The molecule has 0 radical (unpaired) electrons. The second-order valence-corrected chi connectivity index (χ2v) is 2.78. The van der Waals surface area contributed by atoms with E-state index in [4.69, 9.17) is 0 Å². The van der Waals surface area contributed by atoms with Gasteiger partial charge in [-0.05, 0) is 13.8 Å². The molecule has 0 fully saturated rings. The molecular weight excluding hydrogens is 256 g/mol. The van der Waals surface area contributed by atoms with Crippen molar-refractivity contribution in [3.05, 3.63) is 18.7 Å². The average molecular weight is 272 g/mol. The molecule has 0 saturated carbocycles. The van der Waals surface area contributed by atoms with Crippen molar-refractivity contribution in [1.82, 2.24) is 20.6 Å². The first-order chi connectivity index (χ1) is 9.10. The third kappa shape index (κ3) is 10.3. The van der Waals surface area contributed by atoms with Crippen LogP contribution in [-0.4, -0.2) is 41.4 Å². The maximum absolute atomic E-state index is 10.8. The van der Waals surface area contributed by atoms with Gasteiger partial charge in [0.05, 0.1) is 19.5 Å². The summed E-state index contributed by atoms with van der Waals surface area (Å²) in [5.74, 6) is 0. The molecule has 1 rings (SSSR count). The standard InChI is InChI=1S/C7H12N2O5.C3H4N2/c1-3-13-6(11)8-5(10)9-7(12)14-4-2;1-2-5-3-4-1/h3-4H2,1-2H3,(H2,8,9,10,11,12);1-3H,(H,4,5). The summed E-state index contributed by atoms with van der Waals surface area (Å²) in [6, 6.07) is -0.984. The van der Waals surface area contributed by atoms with Crippen molar-refractivity contribution < 1.29 is 23.9 Å². The van der Waals surface area contributed by atoms with Crippen LogP contribution in [0.4, 0.5) is 14.4 Å². The topological polar surface area (TPSA) is 122 Å². The number of H-pyrrole nitrogens is 1. The highest BCUT2D eigenvalue weighted by atomic mass is 16.6. The predicted octanol–water partition coefficient (Wildman–Crippen LogP) is 1.01. The molecule has 0 aliphatic heterocycles. The van der Waals surface area contributed by atoms with E-state index in [2.05, 4.69) is 19.4 Å². The van der Waals surface area contributed by atoms with Gasteiger partial charge in [0.25, 0.3) is 0 Å². The molecule has 0 bridgehead atoms. The number of nitrogens with one attached hydrogen (secondary N) is 3. The molecule has 0 unspecified atom stereocenters. The molecule has 3 N–H and O–H groups in total. The van der Waals surface area contributed by atoms with Crippen molar-refractivity contribution in [1.29, 1.82) is 0 Å². The summed E-state index contributed by atoms with van der Waals surface area (Å²) in [5, 5.41) is 3.52. The van der Waals surface area contributed by atoms with Crippen LogP contribution in [0.5, 0.6) is 0 Å². The number of rotatable bonds is 2. The molecule has 106 valence electrons. The Kier molecular flexibility index (Phi) is 9.13. The van der Waals surface area contributed by atoms with E-state index in [1.54, 1.807) is 43.2 Å². The highest BCUT2D eigenvalue weighted by Crippen LogP contribution is 1.79. The van der Waals surface area contributed by atoms with Crippen LogP contribution in [-0.2, 0) is 9.47 Å². The number of nitrogens with zero attached hydrogens (tertiary/aromatic N) is 1. The molecule has 0 aromatic carbocycles. The van der Waals surface area contributed by atoms with Gasteiger partial charge >= 0.3 is 18.2 Å². The number of urea groups is 1. The minimum Gasteiger partial charge on any atom is -0.450 e. The van der Waals surface area contributed by atoms with Crippen LogP contribution >= 0.6 is 0 Å². The Balaban J connectivity index is 0.000000532. The van der Waals surface area contributed by atoms with E-state index >= 15 is 0 Å². The van der Waals surface area contributed by atoms with Gasteiger partial charge < -0.3 is 14.5 Å². The van der Waals surface area contributed by atoms with E-state index in [9.17, 15) is 14.4 Å². The molecule has 19 heavy (non-hydrogen) atoms. The van der Waals surface area contributed by atoms with Crippen molar-refractivity contribution in [2.75, 3.05) is 13.2 Å². The lowest BCUT2D eigenvalue weighted by atomic mass is 10.8. The second kappa shape index (κ2) is 10.6. The van der Waals surface area contributed by atoms with Gasteiger partial charge in [-0.1, -0.05) is 0 Å². The Hall–Kier alpha value is -2.58. The maximum Gasteiger partial charge on any atom is 0.415 e. The predicted molar refractivity (Wildman–Crippen MR) is 64.3 cm³/mol. The first-order valence-corrected chi connectivity index (χ1v) is 5.44. The summed E-state index contributed by atoms with van der Waals surface area (Å²) in [6.45, 7) is 3.45. The van der Waals surface area contributed by atoms with E-state index in [1.165, 1.54) is 0 Å². The number of alkyl carbamates (subject to hydrolysis) is 2. The number of amides is 4. The number of hydrogen-bond acceptors (Lipinski definition) is 6. The Morgan fingerprint density at radius 2 is 1.63 bits per heavy atom. The number of carbonyl (C=O) groups excluding carboxylic acids is 3. The van der Waals surface area contributed by atoms with Crippen molar-refractivity contribution in [3.8, 4) is 0 Å². The average Bonchev–Trinajstić information content (AvgIpc) is 2.87. The normalized spacial score (nSPS) is 8.53. The fraction of sp³-hybridized carbons (Fsp3) is 0.400. The van der Waals surface area contributed by atoms with Gasteiger partial charge in [-0.25, -0.2) is 30.0 Å². The fourth-order valence-corrected chi connectivity index (χ4v) is 0.766. The number of aromatic nitrogens is 2. The zero-order chi connectivity index (χ0) is 14.5. The highest BCUT2D eigenvalue weighted by Gasteiger charge is 2.11. The minimum atomic E-state index is -0.984. The van der Waals surface area contributed by atoms with Gasteiger partial charge in [0.15, 0.2) is 0 Å². The first-order valence-electron chi connectivity index (χ1n) is 5.44. The number of hydrogen-bond donors (Lipinski definition) is 3. The highest BCUT2D eigenvalue weighted by molar-refractivity contribution is 5.98. The van der Waals surface area contributed by atoms with Crippen molar-refractivity contribution in [2.45, 2.75) is 13.8 Å². The van der Waals surface area contributed by atoms with Gasteiger partial charge in [0.1, 0.15) is 0 Å². The van der Waals surface area contributed by atoms with Crippen LogP contribution in [0.15, 0.2) is 18.7 Å². The van der Waals surface area contributed by atoms with Gasteiger partial charge in [0.2, 0.25) is 0 Å². The van der Waals surface area contributed by atoms with E-state index in [0.717, 1.165) is 0 Å². The molecule has 0 saturated heterocycles. The van der Waals surface area contributed by atoms with Crippen molar-refractivity contribution in [3.63, 3.8) is 0 Å². The summed E-state index contributed by atoms with van der Waals surface area (Å²) in [4.78, 5) is 38.5. The lowest BCUT2D eigenvalue weighted by Crippen LogP contribution is -2.42. The third-order valence-electron chi connectivity index (χ3n) is 1.39. The summed E-state index contributed by atoms with van der Waals surface area (Å²) in [5.41, 5.74) is 0. The van der Waals surface area contributed by atoms with Crippen molar-refractivity contribution in [2.24, 2.45) is 0 Å².